The van der Waals surface area contributed by atoms with E-state index in [1.165, 1.54) is 29.2 Å². The number of likely N-dealkylation sites (tertiary alicyclic amines) is 1. The molecule has 2 amide bonds. The Morgan fingerprint density at radius 1 is 1.32 bits per heavy atom. The zero-order chi connectivity index (χ0) is 16.1. The molecule has 2 rings (SSSR count). The third-order valence-electron chi connectivity index (χ3n) is 3.73. The number of nitrogens with one attached hydrogen (secondary N) is 1. The number of carboxylic acid groups (broad SMARTS) is 1. The van der Waals surface area contributed by atoms with Gasteiger partial charge in [0.15, 0.2) is 0 Å². The molecule has 120 valence electrons. The minimum absolute atomic E-state index is 0.0598. The van der Waals surface area contributed by atoms with Gasteiger partial charge in [0.1, 0.15) is 0 Å². The first-order chi connectivity index (χ1) is 10.5. The molecule has 0 bridgehead atoms. The van der Waals surface area contributed by atoms with Crippen molar-refractivity contribution in [3.8, 4) is 0 Å². The Bertz CT molecular complexity index is 534. The molecule has 0 spiro atoms. The van der Waals surface area contributed by atoms with Crippen LogP contribution in [0.1, 0.15) is 30.4 Å². The number of benzene rings is 1. The molecule has 1 aliphatic rings. The minimum atomic E-state index is -2.51. The number of rotatable bonds is 4. The average molecular weight is 312 g/mol. The normalized spacial score (nSPS) is 18.3. The van der Waals surface area contributed by atoms with Crippen molar-refractivity contribution in [2.24, 2.45) is 5.92 Å². The molecule has 5 nitrogen and oxygen atoms in total. The van der Waals surface area contributed by atoms with E-state index in [9.17, 15) is 18.4 Å². The zero-order valence-electron chi connectivity index (χ0n) is 12.0. The van der Waals surface area contributed by atoms with Gasteiger partial charge in [-0.25, -0.2) is 13.6 Å². The quantitative estimate of drug-likeness (QED) is 0.898. The summed E-state index contributed by atoms with van der Waals surface area (Å²) >= 11 is 0. The number of urea groups is 1. The summed E-state index contributed by atoms with van der Waals surface area (Å²) in [5.41, 5.74) is 0.653. The number of alkyl halides is 2. The molecular weight excluding hydrogens is 294 g/mol. The number of hydrogen-bond acceptors (Lipinski definition) is 2. The molecular formula is C15H18F2N2O3. The second-order valence-electron chi connectivity index (χ2n) is 5.32. The van der Waals surface area contributed by atoms with Crippen LogP contribution in [0.3, 0.4) is 0 Å². The summed E-state index contributed by atoms with van der Waals surface area (Å²) in [5, 5.41) is 11.7. The van der Waals surface area contributed by atoms with Crippen LogP contribution in [-0.4, -0.2) is 35.1 Å². The van der Waals surface area contributed by atoms with E-state index in [0.29, 0.717) is 24.9 Å². The molecule has 0 saturated carbocycles. The van der Waals surface area contributed by atoms with Gasteiger partial charge in [-0.15, -0.1) is 0 Å². The van der Waals surface area contributed by atoms with E-state index < -0.39 is 18.3 Å². The van der Waals surface area contributed by atoms with Crippen LogP contribution < -0.4 is 5.32 Å². The Kier molecular flexibility index (Phi) is 5.30. The molecule has 0 aromatic heterocycles. The van der Waals surface area contributed by atoms with Gasteiger partial charge in [-0.05, 0) is 18.4 Å². The number of amides is 2. The van der Waals surface area contributed by atoms with Crippen LogP contribution >= 0.6 is 0 Å². The van der Waals surface area contributed by atoms with E-state index >= 15 is 0 Å². The predicted octanol–water partition coefficient (Wildman–Crippen LogP) is 2.63. The summed E-state index contributed by atoms with van der Waals surface area (Å²) in [7, 11) is 0. The molecule has 1 aromatic carbocycles. The number of carboxylic acids is 1. The van der Waals surface area contributed by atoms with E-state index in [4.69, 9.17) is 5.11 Å². The molecule has 7 heteroatoms. The number of piperidine rings is 1. The zero-order valence-corrected chi connectivity index (χ0v) is 12.0. The lowest BCUT2D eigenvalue weighted by molar-refractivity contribution is -0.143. The highest BCUT2D eigenvalue weighted by Gasteiger charge is 2.27. The first-order valence-corrected chi connectivity index (χ1v) is 7.10. The van der Waals surface area contributed by atoms with Crippen LogP contribution in [0.15, 0.2) is 24.3 Å². The lowest BCUT2D eigenvalue weighted by Crippen LogP contribution is -2.46. The highest BCUT2D eigenvalue weighted by Crippen LogP contribution is 2.19. The Balaban J connectivity index is 1.85. The molecule has 1 saturated heterocycles. The third kappa shape index (κ3) is 4.16. The molecule has 0 aliphatic carbocycles. The lowest BCUT2D eigenvalue weighted by Gasteiger charge is -2.30. The first kappa shape index (κ1) is 16.2. The van der Waals surface area contributed by atoms with E-state index in [-0.39, 0.29) is 24.7 Å². The van der Waals surface area contributed by atoms with Crippen LogP contribution in [0.2, 0.25) is 0 Å². The molecule has 1 fully saturated rings. The van der Waals surface area contributed by atoms with Crippen LogP contribution in [-0.2, 0) is 11.3 Å². The monoisotopic (exact) mass is 312 g/mol. The lowest BCUT2D eigenvalue weighted by atomic mass is 9.99. The molecule has 22 heavy (non-hydrogen) atoms. The number of carbonyl (C=O) groups is 2. The molecule has 2 N–H and O–H groups in total. The van der Waals surface area contributed by atoms with Gasteiger partial charge in [0.25, 0.3) is 6.43 Å². The first-order valence-electron chi connectivity index (χ1n) is 7.10. The van der Waals surface area contributed by atoms with Crippen molar-refractivity contribution in [2.75, 3.05) is 13.1 Å². The van der Waals surface area contributed by atoms with Gasteiger partial charge in [-0.3, -0.25) is 4.79 Å². The van der Waals surface area contributed by atoms with Crippen LogP contribution in [0.4, 0.5) is 13.6 Å². The molecule has 1 aromatic rings. The van der Waals surface area contributed by atoms with Crippen molar-refractivity contribution in [3.63, 3.8) is 0 Å². The minimum Gasteiger partial charge on any atom is -0.481 e. The molecule has 1 unspecified atom stereocenters. The number of halogens is 2. The van der Waals surface area contributed by atoms with Gasteiger partial charge in [-0.1, -0.05) is 24.3 Å². The summed E-state index contributed by atoms with van der Waals surface area (Å²) in [6, 6.07) is 5.40. The SMILES string of the molecule is O=C(O)C1CCCN(C(=O)NCc2ccc(C(F)F)cc2)C1. The third-order valence-corrected chi connectivity index (χ3v) is 3.73. The second-order valence-corrected chi connectivity index (χ2v) is 5.32. The smallest absolute Gasteiger partial charge is 0.317 e. The van der Waals surface area contributed by atoms with Crippen molar-refractivity contribution in [2.45, 2.75) is 25.8 Å². The fourth-order valence-electron chi connectivity index (χ4n) is 2.43. The van der Waals surface area contributed by atoms with E-state index in [1.54, 1.807) is 0 Å². The van der Waals surface area contributed by atoms with Crippen molar-refractivity contribution in [3.05, 3.63) is 35.4 Å². The maximum atomic E-state index is 12.4. The fraction of sp³-hybridized carbons (Fsp3) is 0.467. The number of carbonyl (C=O) groups excluding carboxylic acids is 1. The van der Waals surface area contributed by atoms with Crippen LogP contribution in [0.5, 0.6) is 0 Å². The van der Waals surface area contributed by atoms with E-state index in [2.05, 4.69) is 5.32 Å². The Morgan fingerprint density at radius 2 is 2.00 bits per heavy atom. The number of nitrogens with zero attached hydrogens (tertiary/aromatic N) is 1. The van der Waals surface area contributed by atoms with Gasteiger partial charge in [-0.2, -0.15) is 0 Å². The summed E-state index contributed by atoms with van der Waals surface area (Å²) in [6.45, 7) is 0.946. The van der Waals surface area contributed by atoms with Crippen LogP contribution in [0, 0.1) is 5.92 Å². The molecule has 0 radical (unpaired) electrons. The maximum absolute atomic E-state index is 12.4. The predicted molar refractivity (Wildman–Crippen MR) is 75.6 cm³/mol. The van der Waals surface area contributed by atoms with Gasteiger partial charge in [0, 0.05) is 25.2 Å². The Labute approximate surface area is 126 Å². The molecule has 1 atom stereocenters. The topological polar surface area (TPSA) is 69.6 Å². The largest absolute Gasteiger partial charge is 0.481 e. The fourth-order valence-corrected chi connectivity index (χ4v) is 2.43. The maximum Gasteiger partial charge on any atom is 0.317 e. The highest BCUT2D eigenvalue weighted by atomic mass is 19.3. The van der Waals surface area contributed by atoms with Crippen molar-refractivity contribution in [1.29, 1.82) is 0 Å². The van der Waals surface area contributed by atoms with Crippen LogP contribution in [0.25, 0.3) is 0 Å². The van der Waals surface area contributed by atoms with Gasteiger partial charge in [0.05, 0.1) is 5.92 Å². The molecule has 1 aliphatic heterocycles. The van der Waals surface area contributed by atoms with Gasteiger partial charge >= 0.3 is 12.0 Å². The summed E-state index contributed by atoms with van der Waals surface area (Å²) < 4.78 is 24.9. The Hall–Kier alpha value is -2.18. The standard InChI is InChI=1S/C15H18F2N2O3/c16-13(17)11-5-3-10(4-6-11)8-18-15(22)19-7-1-2-12(9-19)14(20)21/h3-6,12-13H,1-2,7-9H2,(H,18,22)(H,20,21). The summed E-state index contributed by atoms with van der Waals surface area (Å²) in [4.78, 5) is 24.5. The highest BCUT2D eigenvalue weighted by molar-refractivity contribution is 5.76. The number of hydrogen-bond donors (Lipinski definition) is 2. The average Bonchev–Trinajstić information content (AvgIpc) is 2.53. The summed E-state index contributed by atoms with van der Waals surface area (Å²) in [6.07, 6.45) is -1.27. The van der Waals surface area contributed by atoms with Gasteiger partial charge in [0.2, 0.25) is 0 Å². The van der Waals surface area contributed by atoms with Crippen molar-refractivity contribution >= 4 is 12.0 Å². The van der Waals surface area contributed by atoms with Gasteiger partial charge < -0.3 is 15.3 Å². The van der Waals surface area contributed by atoms with E-state index in [1.807, 2.05) is 0 Å². The summed E-state index contributed by atoms with van der Waals surface area (Å²) in [5.74, 6) is -1.41. The van der Waals surface area contributed by atoms with Crippen molar-refractivity contribution in [1.82, 2.24) is 10.2 Å². The van der Waals surface area contributed by atoms with Crippen molar-refractivity contribution < 1.29 is 23.5 Å². The number of aliphatic carboxylic acids is 1. The molecule has 1 heterocycles. The van der Waals surface area contributed by atoms with E-state index in [0.717, 1.165) is 0 Å². The Morgan fingerprint density at radius 3 is 2.59 bits per heavy atom. The second kappa shape index (κ2) is 7.20.